The van der Waals surface area contributed by atoms with E-state index in [9.17, 15) is 24.9 Å². The number of rotatable bonds is 3. The van der Waals surface area contributed by atoms with Crippen LogP contribution in [0.2, 0.25) is 0 Å². The van der Waals surface area contributed by atoms with Gasteiger partial charge in [0.25, 0.3) is 0 Å². The molecule has 0 unspecified atom stereocenters. The second kappa shape index (κ2) is 6.88. The van der Waals surface area contributed by atoms with Gasteiger partial charge in [0.05, 0.1) is 11.5 Å². The molecular weight excluding hydrogens is 360 g/mol. The molecule has 0 fully saturated rings. The summed E-state index contributed by atoms with van der Waals surface area (Å²) in [6.45, 7) is 0. The lowest BCUT2D eigenvalue weighted by molar-refractivity contribution is 0.102. The maximum absolute atomic E-state index is 13.2. The van der Waals surface area contributed by atoms with E-state index >= 15 is 0 Å². The highest BCUT2D eigenvalue weighted by atomic mass is 16.4. The van der Waals surface area contributed by atoms with E-state index in [0.717, 1.165) is 25.3 Å². The van der Waals surface area contributed by atoms with Crippen LogP contribution in [0.5, 0.6) is 17.2 Å². The second-order valence-corrected chi connectivity index (χ2v) is 6.82. The van der Waals surface area contributed by atoms with Gasteiger partial charge in [-0.15, -0.1) is 0 Å². The van der Waals surface area contributed by atoms with Crippen molar-refractivity contribution in [2.45, 2.75) is 25.7 Å². The Morgan fingerprint density at radius 1 is 1.00 bits per heavy atom. The molecule has 4 rings (SSSR count). The van der Waals surface area contributed by atoms with Gasteiger partial charge in [0.15, 0.2) is 5.78 Å². The molecule has 6 nitrogen and oxygen atoms in total. The summed E-state index contributed by atoms with van der Waals surface area (Å²) in [5.41, 5.74) is 0.256. The van der Waals surface area contributed by atoms with Crippen LogP contribution in [0.4, 0.5) is 0 Å². The largest absolute Gasteiger partial charge is 0.508 e. The van der Waals surface area contributed by atoms with Crippen LogP contribution in [-0.2, 0) is 0 Å². The number of benzene rings is 2. The van der Waals surface area contributed by atoms with Gasteiger partial charge in [0.2, 0.25) is 0 Å². The number of carbonyl (C=O) groups excluding carboxylic acids is 1. The Kier molecular flexibility index (Phi) is 4.39. The molecule has 3 N–H and O–H groups in total. The quantitative estimate of drug-likeness (QED) is 0.588. The van der Waals surface area contributed by atoms with Gasteiger partial charge < -0.3 is 19.7 Å². The normalized spacial score (nSPS) is 14.1. The Morgan fingerprint density at radius 3 is 2.54 bits per heavy atom. The van der Waals surface area contributed by atoms with Crippen LogP contribution in [0, 0.1) is 0 Å². The third-order valence-electron chi connectivity index (χ3n) is 4.95. The van der Waals surface area contributed by atoms with E-state index in [4.69, 9.17) is 4.42 Å². The monoisotopic (exact) mass is 378 g/mol. The number of ketones is 1. The summed E-state index contributed by atoms with van der Waals surface area (Å²) in [5.74, 6) is -1.02. The number of phenols is 2. The highest BCUT2D eigenvalue weighted by molar-refractivity contribution is 6.18. The van der Waals surface area contributed by atoms with Crippen molar-refractivity contribution < 1.29 is 24.5 Å². The fourth-order valence-electron chi connectivity index (χ4n) is 3.69. The number of aromatic hydroxyl groups is 3. The van der Waals surface area contributed by atoms with Crippen LogP contribution in [0.1, 0.15) is 36.0 Å². The number of fused-ring (bicyclic) bond motifs is 1. The molecule has 0 spiro atoms. The van der Waals surface area contributed by atoms with Gasteiger partial charge in [0, 0.05) is 22.6 Å². The zero-order valence-corrected chi connectivity index (χ0v) is 14.9. The smallest absolute Gasteiger partial charge is 0.339 e. The molecule has 0 saturated carbocycles. The highest BCUT2D eigenvalue weighted by Gasteiger charge is 2.25. The van der Waals surface area contributed by atoms with Gasteiger partial charge in [-0.1, -0.05) is 18.2 Å². The van der Waals surface area contributed by atoms with Crippen molar-refractivity contribution in [3.8, 4) is 28.6 Å². The molecule has 0 saturated heterocycles. The van der Waals surface area contributed by atoms with Crippen LogP contribution in [0.15, 0.2) is 57.3 Å². The SMILES string of the molecule is O=C(C1=CCCCC1)c1cc(O)c2c(O)cccc2c1-c1cc(O)cc(=O)o1. The van der Waals surface area contributed by atoms with Crippen molar-refractivity contribution in [2.24, 2.45) is 0 Å². The first-order chi connectivity index (χ1) is 13.5. The average molecular weight is 378 g/mol. The van der Waals surface area contributed by atoms with Gasteiger partial charge >= 0.3 is 5.63 Å². The van der Waals surface area contributed by atoms with E-state index in [-0.39, 0.29) is 45.3 Å². The molecule has 0 amide bonds. The minimum atomic E-state index is -0.772. The molecule has 142 valence electrons. The first-order valence-corrected chi connectivity index (χ1v) is 9.01. The fourth-order valence-corrected chi connectivity index (χ4v) is 3.69. The lowest BCUT2D eigenvalue weighted by Gasteiger charge is -2.17. The zero-order chi connectivity index (χ0) is 19.8. The molecule has 2 aromatic carbocycles. The van der Waals surface area contributed by atoms with E-state index in [1.165, 1.54) is 18.2 Å². The molecule has 1 aliphatic carbocycles. The molecule has 0 bridgehead atoms. The van der Waals surface area contributed by atoms with Crippen LogP contribution in [-0.4, -0.2) is 21.1 Å². The molecule has 1 aromatic heterocycles. The molecular formula is C22H18O6. The maximum Gasteiger partial charge on any atom is 0.339 e. The molecule has 0 atom stereocenters. The Labute approximate surface area is 160 Å². The fraction of sp³-hybridized carbons (Fsp3) is 0.182. The number of hydrogen-bond donors (Lipinski definition) is 3. The van der Waals surface area contributed by atoms with Gasteiger partial charge in [-0.3, -0.25) is 4.79 Å². The van der Waals surface area contributed by atoms with Crippen molar-refractivity contribution in [3.05, 3.63) is 64.0 Å². The molecule has 3 aromatic rings. The van der Waals surface area contributed by atoms with Crippen LogP contribution < -0.4 is 5.63 Å². The topological polar surface area (TPSA) is 108 Å². The summed E-state index contributed by atoms with van der Waals surface area (Å²) in [4.78, 5) is 25.0. The highest BCUT2D eigenvalue weighted by Crippen LogP contribution is 2.42. The first-order valence-electron chi connectivity index (χ1n) is 9.01. The van der Waals surface area contributed by atoms with Gasteiger partial charge in [-0.25, -0.2) is 4.79 Å². The maximum atomic E-state index is 13.2. The molecule has 6 heteroatoms. The standard InChI is InChI=1S/C22H18O6/c23-13-9-18(28-19(26)10-13)20-14-7-4-8-16(24)21(14)17(25)11-15(20)22(27)12-5-2-1-3-6-12/h4-5,7-11,23-25H,1-3,6H2. The Bertz CT molecular complexity index is 1190. The molecule has 28 heavy (non-hydrogen) atoms. The Balaban J connectivity index is 2.08. The second-order valence-electron chi connectivity index (χ2n) is 6.82. The number of allylic oxidation sites excluding steroid dienone is 2. The van der Waals surface area contributed by atoms with E-state index in [2.05, 4.69) is 0 Å². The Hall–Kier alpha value is -3.54. The van der Waals surface area contributed by atoms with Gasteiger partial charge in [0.1, 0.15) is 23.0 Å². The molecule has 0 radical (unpaired) electrons. The van der Waals surface area contributed by atoms with Crippen molar-refractivity contribution in [2.75, 3.05) is 0 Å². The minimum absolute atomic E-state index is 0.0136. The van der Waals surface area contributed by atoms with Crippen LogP contribution >= 0.6 is 0 Å². The average Bonchev–Trinajstić information content (AvgIpc) is 2.67. The molecule has 0 aliphatic heterocycles. The van der Waals surface area contributed by atoms with Crippen molar-refractivity contribution >= 4 is 16.6 Å². The van der Waals surface area contributed by atoms with Crippen molar-refractivity contribution in [1.82, 2.24) is 0 Å². The van der Waals surface area contributed by atoms with E-state index in [1.807, 2.05) is 6.08 Å². The zero-order valence-electron chi connectivity index (χ0n) is 14.9. The Morgan fingerprint density at radius 2 is 1.82 bits per heavy atom. The summed E-state index contributed by atoms with van der Waals surface area (Å²) in [5, 5.41) is 31.0. The van der Waals surface area contributed by atoms with E-state index < -0.39 is 5.63 Å². The van der Waals surface area contributed by atoms with Crippen LogP contribution in [0.25, 0.3) is 22.1 Å². The summed E-state index contributed by atoms with van der Waals surface area (Å²) in [6.07, 6.45) is 5.23. The third kappa shape index (κ3) is 3.03. The predicted molar refractivity (Wildman–Crippen MR) is 104 cm³/mol. The molecule has 1 heterocycles. The summed E-state index contributed by atoms with van der Waals surface area (Å²) < 4.78 is 5.26. The summed E-state index contributed by atoms with van der Waals surface area (Å²) >= 11 is 0. The summed E-state index contributed by atoms with van der Waals surface area (Å²) in [6, 6.07) is 8.03. The number of phenolic OH excluding ortho intramolecular Hbond substituents is 2. The lowest BCUT2D eigenvalue weighted by atomic mass is 9.87. The number of hydrogen-bond acceptors (Lipinski definition) is 6. The van der Waals surface area contributed by atoms with Gasteiger partial charge in [-0.05, 0) is 43.4 Å². The molecule has 1 aliphatic rings. The predicted octanol–water partition coefficient (Wildman–Crippen LogP) is 4.26. The number of carbonyl (C=O) groups is 1. The van der Waals surface area contributed by atoms with Crippen molar-refractivity contribution in [1.29, 1.82) is 0 Å². The summed E-state index contributed by atoms with van der Waals surface area (Å²) in [7, 11) is 0. The first kappa shape index (κ1) is 17.9. The van der Waals surface area contributed by atoms with Crippen LogP contribution in [0.3, 0.4) is 0 Å². The van der Waals surface area contributed by atoms with E-state index in [1.54, 1.807) is 12.1 Å². The van der Waals surface area contributed by atoms with Crippen molar-refractivity contribution in [3.63, 3.8) is 0 Å². The lowest BCUT2D eigenvalue weighted by Crippen LogP contribution is -2.09. The van der Waals surface area contributed by atoms with E-state index in [0.29, 0.717) is 17.4 Å². The third-order valence-corrected chi connectivity index (χ3v) is 4.95. The minimum Gasteiger partial charge on any atom is -0.508 e. The van der Waals surface area contributed by atoms with Gasteiger partial charge in [-0.2, -0.15) is 0 Å². The number of Topliss-reactive ketones (excluding diaryl/α,β-unsaturated/α-hetero) is 1.